The molecule has 27 heavy (non-hydrogen) atoms. The number of hydrogen-bond donors (Lipinski definition) is 0. The molecule has 0 radical (unpaired) electrons. The van der Waals surface area contributed by atoms with Gasteiger partial charge in [0.05, 0.1) is 11.2 Å². The maximum atomic E-state index is 12.4. The third-order valence-corrected chi connectivity index (χ3v) is 6.20. The van der Waals surface area contributed by atoms with Crippen LogP contribution in [0.4, 0.5) is 0 Å². The number of benzene rings is 1. The van der Waals surface area contributed by atoms with Crippen LogP contribution in [0.3, 0.4) is 0 Å². The van der Waals surface area contributed by atoms with Crippen LogP contribution in [-0.4, -0.2) is 47.7 Å². The second-order valence-corrected chi connectivity index (χ2v) is 9.34. The van der Waals surface area contributed by atoms with E-state index in [0.717, 1.165) is 24.8 Å². The van der Waals surface area contributed by atoms with Gasteiger partial charge in [0.25, 0.3) is 5.97 Å². The van der Waals surface area contributed by atoms with Crippen LogP contribution in [0.15, 0.2) is 30.3 Å². The van der Waals surface area contributed by atoms with Crippen LogP contribution in [0.2, 0.25) is 0 Å². The van der Waals surface area contributed by atoms with Crippen molar-refractivity contribution in [2.45, 2.75) is 63.3 Å². The van der Waals surface area contributed by atoms with Crippen LogP contribution in [-0.2, 0) is 29.5 Å². The first-order valence-corrected chi connectivity index (χ1v) is 11.8. The number of methoxy groups -OCH3 is 3. The third kappa shape index (κ3) is 6.28. The Kier molecular flexibility index (Phi) is 9.95. The summed E-state index contributed by atoms with van der Waals surface area (Å²) in [4.78, 5) is 0. The minimum Gasteiger partial charge on any atom is -0.330 e. The Morgan fingerprint density at radius 1 is 0.852 bits per heavy atom. The van der Waals surface area contributed by atoms with E-state index in [0.29, 0.717) is 6.42 Å². The molecule has 0 saturated carbocycles. The normalized spacial score (nSPS) is 14.9. The van der Waals surface area contributed by atoms with Crippen molar-refractivity contribution in [2.24, 2.45) is 0 Å². The number of hydrogen-bond acceptors (Lipinski definition) is 5. The zero-order chi connectivity index (χ0) is 20.4. The molecule has 0 N–H and O–H groups in total. The van der Waals surface area contributed by atoms with Crippen molar-refractivity contribution in [3.8, 4) is 0 Å². The zero-order valence-corrected chi connectivity index (χ0v) is 18.3. The molecule has 1 atom stereocenters. The van der Waals surface area contributed by atoms with E-state index >= 15 is 0 Å². The highest BCUT2D eigenvalue weighted by molar-refractivity contribution is 7.90. The summed E-state index contributed by atoms with van der Waals surface area (Å²) in [6, 6.07) is 9.56. The minimum atomic E-state index is -3.33. The molecule has 0 aliphatic carbocycles. The standard InChI is InChI=1S/C21H36O5S/c1-6-7-8-9-10-14-17-20(18-27(5,22)23,19-15-12-11-13-16-19)21(24-2,25-3)26-4/h11-13,15-16H,6-10,14,17-18H2,1-5H3. The number of ether oxygens (including phenoxy) is 3. The third-order valence-electron chi connectivity index (χ3n) is 5.18. The molecule has 1 rings (SSSR count). The van der Waals surface area contributed by atoms with E-state index in [-0.39, 0.29) is 5.75 Å². The Labute approximate surface area is 165 Å². The van der Waals surface area contributed by atoms with Gasteiger partial charge >= 0.3 is 0 Å². The van der Waals surface area contributed by atoms with Crippen molar-refractivity contribution in [1.82, 2.24) is 0 Å². The van der Waals surface area contributed by atoms with Gasteiger partial charge in [-0.1, -0.05) is 75.8 Å². The quantitative estimate of drug-likeness (QED) is 0.344. The SMILES string of the molecule is CCCCCCCCC(CS(C)(=O)=O)(c1ccccc1)C(OC)(OC)OC. The highest BCUT2D eigenvalue weighted by Crippen LogP contribution is 2.44. The number of rotatable bonds is 14. The fraction of sp³-hybridized carbons (Fsp3) is 0.714. The molecule has 0 fully saturated rings. The molecule has 156 valence electrons. The largest absolute Gasteiger partial charge is 0.330 e. The van der Waals surface area contributed by atoms with Crippen LogP contribution in [0.1, 0.15) is 57.4 Å². The van der Waals surface area contributed by atoms with E-state index in [9.17, 15) is 8.42 Å². The summed E-state index contributed by atoms with van der Waals surface area (Å²) in [6.45, 7) is 2.19. The molecule has 0 amide bonds. The molecule has 6 heteroatoms. The lowest BCUT2D eigenvalue weighted by Crippen LogP contribution is -2.59. The van der Waals surface area contributed by atoms with Crippen LogP contribution >= 0.6 is 0 Å². The summed E-state index contributed by atoms with van der Waals surface area (Å²) in [5.41, 5.74) is -0.125. The molecule has 1 aromatic carbocycles. The van der Waals surface area contributed by atoms with Crippen LogP contribution in [0.25, 0.3) is 0 Å². The first-order valence-electron chi connectivity index (χ1n) is 9.69. The molecule has 5 nitrogen and oxygen atoms in total. The van der Waals surface area contributed by atoms with Crippen molar-refractivity contribution >= 4 is 9.84 Å². The smallest absolute Gasteiger partial charge is 0.293 e. The minimum absolute atomic E-state index is 0.117. The lowest BCUT2D eigenvalue weighted by atomic mass is 9.75. The monoisotopic (exact) mass is 400 g/mol. The fourth-order valence-corrected chi connectivity index (χ4v) is 5.35. The molecular weight excluding hydrogens is 364 g/mol. The fourth-order valence-electron chi connectivity index (χ4n) is 3.97. The van der Waals surface area contributed by atoms with Gasteiger partial charge in [-0.15, -0.1) is 0 Å². The Bertz CT molecular complexity index is 617. The van der Waals surface area contributed by atoms with Gasteiger partial charge < -0.3 is 14.2 Å². The second-order valence-electron chi connectivity index (χ2n) is 7.20. The topological polar surface area (TPSA) is 61.8 Å². The summed E-state index contributed by atoms with van der Waals surface area (Å²) in [6.07, 6.45) is 8.50. The first kappa shape index (κ1) is 24.1. The van der Waals surface area contributed by atoms with Crippen LogP contribution < -0.4 is 0 Å². The molecular formula is C21H36O5S. The molecule has 1 aromatic rings. The number of unbranched alkanes of at least 4 members (excludes halogenated alkanes) is 5. The Morgan fingerprint density at radius 2 is 1.37 bits per heavy atom. The molecule has 0 aromatic heterocycles. The van der Waals surface area contributed by atoms with Gasteiger partial charge in [-0.3, -0.25) is 0 Å². The molecule has 0 bridgehead atoms. The Morgan fingerprint density at radius 3 is 1.85 bits per heavy atom. The van der Waals surface area contributed by atoms with Crippen molar-refractivity contribution in [3.63, 3.8) is 0 Å². The van der Waals surface area contributed by atoms with E-state index in [4.69, 9.17) is 14.2 Å². The molecule has 0 aliphatic heterocycles. The van der Waals surface area contributed by atoms with Gasteiger partial charge in [0, 0.05) is 27.6 Å². The summed E-state index contributed by atoms with van der Waals surface area (Å²) >= 11 is 0. The maximum Gasteiger partial charge on any atom is 0.293 e. The zero-order valence-electron chi connectivity index (χ0n) is 17.5. The van der Waals surface area contributed by atoms with E-state index in [1.54, 1.807) is 0 Å². The van der Waals surface area contributed by atoms with E-state index in [1.165, 1.54) is 46.8 Å². The van der Waals surface area contributed by atoms with Gasteiger partial charge in [-0.2, -0.15) is 0 Å². The van der Waals surface area contributed by atoms with Gasteiger partial charge in [0.2, 0.25) is 0 Å². The summed E-state index contributed by atoms with van der Waals surface area (Å²) in [5, 5.41) is 0. The van der Waals surface area contributed by atoms with Crippen LogP contribution in [0.5, 0.6) is 0 Å². The average molecular weight is 401 g/mol. The van der Waals surface area contributed by atoms with Gasteiger partial charge in [-0.05, 0) is 12.0 Å². The van der Waals surface area contributed by atoms with E-state index < -0.39 is 21.2 Å². The van der Waals surface area contributed by atoms with Crippen molar-refractivity contribution in [3.05, 3.63) is 35.9 Å². The van der Waals surface area contributed by atoms with Crippen molar-refractivity contribution < 1.29 is 22.6 Å². The Balaban J connectivity index is 3.32. The highest BCUT2D eigenvalue weighted by Gasteiger charge is 2.56. The van der Waals surface area contributed by atoms with E-state index in [1.807, 2.05) is 30.3 Å². The maximum absolute atomic E-state index is 12.4. The molecule has 0 heterocycles. The summed E-state index contributed by atoms with van der Waals surface area (Å²) in [5.74, 6) is -1.60. The van der Waals surface area contributed by atoms with Crippen LogP contribution in [0, 0.1) is 0 Å². The number of sulfone groups is 1. The summed E-state index contributed by atoms with van der Waals surface area (Å²) < 4.78 is 41.9. The average Bonchev–Trinajstić information content (AvgIpc) is 2.65. The molecule has 0 aliphatic rings. The molecule has 0 saturated heterocycles. The first-order chi connectivity index (χ1) is 12.8. The van der Waals surface area contributed by atoms with Crippen molar-refractivity contribution in [1.29, 1.82) is 0 Å². The summed E-state index contributed by atoms with van der Waals surface area (Å²) in [7, 11) is 1.15. The highest BCUT2D eigenvalue weighted by atomic mass is 32.2. The van der Waals surface area contributed by atoms with Gasteiger partial charge in [-0.25, -0.2) is 8.42 Å². The predicted molar refractivity (Wildman–Crippen MR) is 110 cm³/mol. The second kappa shape index (κ2) is 11.1. The van der Waals surface area contributed by atoms with E-state index in [2.05, 4.69) is 6.92 Å². The lowest BCUT2D eigenvalue weighted by Gasteiger charge is -2.47. The predicted octanol–water partition coefficient (Wildman–Crippen LogP) is 4.31. The molecule has 0 spiro atoms. The lowest BCUT2D eigenvalue weighted by molar-refractivity contribution is -0.385. The van der Waals surface area contributed by atoms with Gasteiger partial charge in [0.15, 0.2) is 0 Å². The molecule has 1 unspecified atom stereocenters. The van der Waals surface area contributed by atoms with Gasteiger partial charge in [0.1, 0.15) is 9.84 Å². The Hall–Kier alpha value is -0.950. The van der Waals surface area contributed by atoms with Crippen molar-refractivity contribution in [2.75, 3.05) is 33.3 Å².